The maximum absolute atomic E-state index is 10.9. The van der Waals surface area contributed by atoms with Gasteiger partial charge in [0.25, 0.3) is 0 Å². The topological polar surface area (TPSA) is 376 Å². The number of aliphatic hydroxyl groups excluding tert-OH is 13. The van der Waals surface area contributed by atoms with Crippen LogP contribution in [0, 0.1) is 0 Å². The van der Waals surface area contributed by atoms with Gasteiger partial charge in [-0.2, -0.15) is 0 Å². The smallest absolute Gasteiger partial charge is 0.187 e. The molecule has 1 unspecified atom stereocenters. The maximum atomic E-state index is 10.9. The summed E-state index contributed by atoms with van der Waals surface area (Å²) in [4.78, 5) is 2.54. The van der Waals surface area contributed by atoms with Crippen molar-refractivity contribution in [1.29, 1.82) is 0 Å². The molecule has 4 fully saturated rings. The fourth-order valence-corrected chi connectivity index (χ4v) is 5.66. The molecule has 0 radical (unpaired) electrons. The molecule has 23 nitrogen and oxygen atoms in total. The zero-order valence-electron chi connectivity index (χ0n) is 24.4. The Morgan fingerprint density at radius 2 is 0.851 bits per heavy atom. The highest BCUT2D eigenvalue weighted by molar-refractivity contribution is 4.98. The van der Waals surface area contributed by atoms with Crippen LogP contribution >= 0.6 is 0 Å². The van der Waals surface area contributed by atoms with Crippen LogP contribution in [0.25, 0.3) is 10.4 Å². The quantitative estimate of drug-likeness (QED) is 0.0543. The van der Waals surface area contributed by atoms with Gasteiger partial charge >= 0.3 is 0 Å². The molecule has 0 amide bonds. The summed E-state index contributed by atoms with van der Waals surface area (Å²) < 4.78 is 38.0. The van der Waals surface area contributed by atoms with Gasteiger partial charge in [0.1, 0.15) is 91.6 Å². The molecule has 4 aliphatic heterocycles. The normalized spacial score (nSPS) is 50.9. The number of aliphatic hydroxyl groups is 13. The van der Waals surface area contributed by atoms with E-state index in [0.717, 1.165) is 0 Å². The minimum absolute atomic E-state index is 0.505. The van der Waals surface area contributed by atoms with E-state index in [4.69, 9.17) is 38.7 Å². The first-order valence-corrected chi connectivity index (χ1v) is 14.5. The van der Waals surface area contributed by atoms with Gasteiger partial charge in [0, 0.05) is 4.91 Å². The molecule has 0 aromatic carbocycles. The van der Waals surface area contributed by atoms with Crippen LogP contribution in [0.5, 0.6) is 0 Å². The Bertz CT molecular complexity index is 1040. The summed E-state index contributed by atoms with van der Waals surface area (Å²) in [5, 5.41) is 137. The molecule has 13 N–H and O–H groups in total. The van der Waals surface area contributed by atoms with Crippen LogP contribution in [0.4, 0.5) is 0 Å². The molecular formula is C24H41N3O20. The highest BCUT2D eigenvalue weighted by Crippen LogP contribution is 2.34. The second kappa shape index (κ2) is 16.5. The third-order valence-corrected chi connectivity index (χ3v) is 8.35. The molecule has 0 aromatic heterocycles. The molecule has 23 heteroatoms. The van der Waals surface area contributed by atoms with E-state index in [1.165, 1.54) is 0 Å². The van der Waals surface area contributed by atoms with Gasteiger partial charge in [-0.3, -0.25) is 0 Å². The Labute approximate surface area is 264 Å². The second-order valence-electron chi connectivity index (χ2n) is 11.4. The lowest BCUT2D eigenvalue weighted by molar-refractivity contribution is -0.387. The summed E-state index contributed by atoms with van der Waals surface area (Å²) in [6.45, 7) is -3.11. The lowest BCUT2D eigenvalue weighted by Gasteiger charge is -2.49. The van der Waals surface area contributed by atoms with E-state index in [1.54, 1.807) is 0 Å². The average molecular weight is 692 g/mol. The molecule has 4 aliphatic rings. The molecule has 0 aromatic rings. The van der Waals surface area contributed by atoms with Gasteiger partial charge in [-0.15, -0.1) is 0 Å². The Morgan fingerprint density at radius 3 is 1.28 bits per heavy atom. The molecule has 0 aliphatic carbocycles. The van der Waals surface area contributed by atoms with Crippen molar-refractivity contribution in [3.63, 3.8) is 0 Å². The standard InChI is InChI=1S/C24H41N3O20/c25-27-26-1-5-18(11(33)14(36)21(40)41-5)45-23-16(38)12(34)20(8(4-30)43-23)47-24-17(39)13(35)19(7(3-29)44-24)46-22-15(37)10(32)9(31)6(2-28)42-22/h5-24,28-40H,1-4H2/t5-,6-,7-,8-,9-,10+,11-,12-,13-,14-,15-,16-,17-,18-,19-,20-,21?,22-,23-,24-/m1/s1. The summed E-state index contributed by atoms with van der Waals surface area (Å²) in [6, 6.07) is 0. The Hall–Kier alpha value is -1.49. The van der Waals surface area contributed by atoms with Crippen LogP contribution in [0.1, 0.15) is 0 Å². The second-order valence-corrected chi connectivity index (χ2v) is 11.4. The minimum atomic E-state index is -2.03. The van der Waals surface area contributed by atoms with E-state index in [2.05, 4.69) is 10.0 Å². The van der Waals surface area contributed by atoms with E-state index < -0.39 is 149 Å². The lowest BCUT2D eigenvalue weighted by atomic mass is 9.95. The van der Waals surface area contributed by atoms with Gasteiger partial charge < -0.3 is 99.5 Å². The number of rotatable bonds is 11. The number of hydrogen-bond acceptors (Lipinski definition) is 21. The molecule has 272 valence electrons. The molecule has 4 rings (SSSR count). The first-order valence-electron chi connectivity index (χ1n) is 14.5. The van der Waals surface area contributed by atoms with Crippen LogP contribution < -0.4 is 0 Å². The van der Waals surface area contributed by atoms with Gasteiger partial charge in [0.15, 0.2) is 25.2 Å². The van der Waals surface area contributed by atoms with E-state index in [0.29, 0.717) is 0 Å². The maximum Gasteiger partial charge on any atom is 0.187 e. The fraction of sp³-hybridized carbons (Fsp3) is 1.00. The summed E-state index contributed by atoms with van der Waals surface area (Å²) >= 11 is 0. The monoisotopic (exact) mass is 691 g/mol. The molecule has 0 saturated carbocycles. The predicted octanol–water partition coefficient (Wildman–Crippen LogP) is -8.43. The molecule has 0 spiro atoms. The van der Waals surface area contributed by atoms with Gasteiger partial charge in [-0.1, -0.05) is 5.11 Å². The van der Waals surface area contributed by atoms with Crippen molar-refractivity contribution in [3.8, 4) is 0 Å². The van der Waals surface area contributed by atoms with Crippen LogP contribution in [0.15, 0.2) is 5.11 Å². The molecular weight excluding hydrogens is 650 g/mol. The van der Waals surface area contributed by atoms with Crippen LogP contribution in [-0.4, -0.2) is 216 Å². The molecule has 20 atom stereocenters. The van der Waals surface area contributed by atoms with Crippen LogP contribution in [-0.2, 0) is 33.2 Å². The van der Waals surface area contributed by atoms with Gasteiger partial charge in [-0.25, -0.2) is 0 Å². The summed E-state index contributed by atoms with van der Waals surface area (Å²) in [7, 11) is 0. The first kappa shape index (κ1) is 38.3. The number of nitrogens with zero attached hydrogens (tertiary/aromatic N) is 3. The highest BCUT2D eigenvalue weighted by Gasteiger charge is 2.55. The fourth-order valence-electron chi connectivity index (χ4n) is 5.66. The zero-order valence-corrected chi connectivity index (χ0v) is 24.4. The van der Waals surface area contributed by atoms with Gasteiger partial charge in [0.2, 0.25) is 0 Å². The van der Waals surface area contributed by atoms with E-state index in [1.807, 2.05) is 0 Å². The van der Waals surface area contributed by atoms with E-state index in [-0.39, 0.29) is 0 Å². The van der Waals surface area contributed by atoms with Crippen molar-refractivity contribution < 1.29 is 99.5 Å². The van der Waals surface area contributed by atoms with Gasteiger partial charge in [0.05, 0.1) is 32.5 Å². The molecule has 4 saturated heterocycles. The van der Waals surface area contributed by atoms with Crippen LogP contribution in [0.3, 0.4) is 0 Å². The zero-order chi connectivity index (χ0) is 34.7. The van der Waals surface area contributed by atoms with Gasteiger partial charge in [-0.05, 0) is 5.53 Å². The molecule has 0 bridgehead atoms. The number of ether oxygens (including phenoxy) is 7. The van der Waals surface area contributed by atoms with Crippen molar-refractivity contribution in [1.82, 2.24) is 0 Å². The third-order valence-electron chi connectivity index (χ3n) is 8.35. The molecule has 47 heavy (non-hydrogen) atoms. The minimum Gasteiger partial charge on any atom is -0.394 e. The lowest BCUT2D eigenvalue weighted by Crippen LogP contribution is -2.67. The van der Waals surface area contributed by atoms with E-state index >= 15 is 0 Å². The SMILES string of the molecule is [N-]=[N+]=NC[C@H]1OC(O)[C@H](O)[C@@H](O)[C@@H]1O[C@H]1O[C@H](CO)[C@@H](O[C@H]2O[C@H](CO)[C@@H](O[C@H]3O[C@H](CO)[C@@H](O)[C@H](O)[C@H]3O)[C@H](O)[C@H]2O)[C@H](O)[C@H]1O. The highest BCUT2D eigenvalue weighted by atomic mass is 16.8. The Balaban J connectivity index is 1.44. The average Bonchev–Trinajstić information content (AvgIpc) is 3.06. The summed E-state index contributed by atoms with van der Waals surface area (Å²) in [6.07, 6.45) is -35.5. The van der Waals surface area contributed by atoms with Crippen LogP contribution in [0.2, 0.25) is 0 Å². The van der Waals surface area contributed by atoms with Crippen molar-refractivity contribution >= 4 is 0 Å². The largest absolute Gasteiger partial charge is 0.394 e. The van der Waals surface area contributed by atoms with Crippen molar-refractivity contribution in [3.05, 3.63) is 10.4 Å². The number of azide groups is 1. The third kappa shape index (κ3) is 7.96. The number of hydrogen-bond donors (Lipinski definition) is 13. The Kier molecular flexibility index (Phi) is 13.4. The first-order chi connectivity index (χ1) is 22.3. The van der Waals surface area contributed by atoms with E-state index in [9.17, 15) is 66.4 Å². The van der Waals surface area contributed by atoms with Crippen molar-refractivity contribution in [2.24, 2.45) is 5.11 Å². The predicted molar refractivity (Wildman–Crippen MR) is 141 cm³/mol. The molecule has 4 heterocycles. The van der Waals surface area contributed by atoms with Crippen molar-refractivity contribution in [2.45, 2.75) is 123 Å². The summed E-state index contributed by atoms with van der Waals surface area (Å²) in [5.41, 5.74) is 8.64. The van der Waals surface area contributed by atoms with Crippen molar-refractivity contribution in [2.75, 3.05) is 26.4 Å². The summed E-state index contributed by atoms with van der Waals surface area (Å²) in [5.74, 6) is 0. The Morgan fingerprint density at radius 1 is 0.468 bits per heavy atom.